The van der Waals surface area contributed by atoms with Crippen molar-refractivity contribution in [1.29, 1.82) is 0 Å². The van der Waals surface area contributed by atoms with Crippen LogP contribution in [0.1, 0.15) is 48.4 Å². The first-order valence-corrected chi connectivity index (χ1v) is 12.8. The van der Waals surface area contributed by atoms with Gasteiger partial charge in [-0.25, -0.2) is 13.5 Å². The van der Waals surface area contributed by atoms with Gasteiger partial charge < -0.3 is 0 Å². The van der Waals surface area contributed by atoms with Crippen molar-refractivity contribution in [2.24, 2.45) is 0 Å². The second kappa shape index (κ2) is 8.20. The molecule has 0 amide bonds. The summed E-state index contributed by atoms with van der Waals surface area (Å²) < 4.78 is 29.4. The van der Waals surface area contributed by atoms with Crippen molar-refractivity contribution in [2.45, 2.75) is 56.8 Å². The van der Waals surface area contributed by atoms with E-state index < -0.39 is 10.0 Å². The summed E-state index contributed by atoms with van der Waals surface area (Å²) in [6.07, 6.45) is 5.82. The summed E-state index contributed by atoms with van der Waals surface area (Å²) in [6, 6.07) is 13.3. The molecule has 0 unspecified atom stereocenters. The predicted octanol–water partition coefficient (Wildman–Crippen LogP) is 4.02. The highest BCUT2D eigenvalue weighted by Crippen LogP contribution is 2.35. The fourth-order valence-electron chi connectivity index (χ4n) is 5.00. The van der Waals surface area contributed by atoms with Crippen LogP contribution in [0, 0.1) is 0 Å². The van der Waals surface area contributed by atoms with Crippen LogP contribution in [0.2, 0.25) is 0 Å². The van der Waals surface area contributed by atoms with E-state index >= 15 is 0 Å². The van der Waals surface area contributed by atoms with Crippen LogP contribution in [0.3, 0.4) is 0 Å². The maximum atomic E-state index is 13.9. The standard InChI is InChI=1S/C25H27N3O3S/c1-2-17-13-14-19(24-20-10-4-5-11-21(20)25(29)27-26-24)16-23(17)32(30,31)28-15-7-9-18-8-3-6-12-22(18)28/h3,6,8,12-14,16H,2,4-5,7,9-11,15H2,1H3,(H,27,29). The van der Waals surface area contributed by atoms with E-state index in [-0.39, 0.29) is 5.56 Å². The van der Waals surface area contributed by atoms with Gasteiger partial charge in [-0.2, -0.15) is 5.10 Å². The molecule has 5 rings (SSSR count). The summed E-state index contributed by atoms with van der Waals surface area (Å²) in [5.41, 5.74) is 5.66. The molecule has 0 atom stereocenters. The number of aromatic nitrogens is 2. The number of nitrogens with one attached hydrogen (secondary N) is 1. The second-order valence-corrected chi connectivity index (χ2v) is 10.4. The van der Waals surface area contributed by atoms with Gasteiger partial charge in [-0.1, -0.05) is 37.3 Å². The number of para-hydroxylation sites is 1. The number of fused-ring (bicyclic) bond motifs is 2. The van der Waals surface area contributed by atoms with Gasteiger partial charge in [0.15, 0.2) is 0 Å². The van der Waals surface area contributed by atoms with E-state index in [1.54, 1.807) is 10.4 Å². The van der Waals surface area contributed by atoms with Crippen molar-refractivity contribution in [3.05, 3.63) is 75.1 Å². The van der Waals surface area contributed by atoms with Crippen LogP contribution in [-0.4, -0.2) is 25.2 Å². The number of hydrogen-bond acceptors (Lipinski definition) is 4. The SMILES string of the molecule is CCc1ccc(-c2n[nH]c(=O)c3c2CCCC3)cc1S(=O)(=O)N1CCCc2ccccc21. The third kappa shape index (κ3) is 3.45. The minimum atomic E-state index is -3.74. The van der Waals surface area contributed by atoms with E-state index in [0.29, 0.717) is 23.6 Å². The molecule has 1 aromatic heterocycles. The van der Waals surface area contributed by atoms with E-state index in [2.05, 4.69) is 10.2 Å². The molecule has 0 saturated heterocycles. The van der Waals surface area contributed by atoms with Crippen molar-refractivity contribution < 1.29 is 8.42 Å². The molecule has 7 heteroatoms. The molecule has 1 N–H and O–H groups in total. The van der Waals surface area contributed by atoms with Gasteiger partial charge in [0.25, 0.3) is 15.6 Å². The third-order valence-corrected chi connectivity index (χ3v) is 8.55. The molecule has 1 aliphatic carbocycles. The molecule has 166 valence electrons. The summed E-state index contributed by atoms with van der Waals surface area (Å²) in [5, 5.41) is 6.97. The number of hydrogen-bond donors (Lipinski definition) is 1. The first-order valence-electron chi connectivity index (χ1n) is 11.3. The molecule has 0 fully saturated rings. The highest BCUT2D eigenvalue weighted by atomic mass is 32.2. The lowest BCUT2D eigenvalue weighted by Crippen LogP contribution is -2.36. The van der Waals surface area contributed by atoms with Gasteiger partial charge >= 0.3 is 0 Å². The molecule has 6 nitrogen and oxygen atoms in total. The molecule has 1 aliphatic heterocycles. The summed E-state index contributed by atoms with van der Waals surface area (Å²) in [7, 11) is -3.74. The Balaban J connectivity index is 1.66. The van der Waals surface area contributed by atoms with Gasteiger partial charge in [0.2, 0.25) is 0 Å². The zero-order valence-electron chi connectivity index (χ0n) is 18.2. The van der Waals surface area contributed by atoms with E-state index in [0.717, 1.165) is 72.0 Å². The van der Waals surface area contributed by atoms with Crippen molar-refractivity contribution in [2.75, 3.05) is 10.8 Å². The molecule has 0 spiro atoms. The summed E-state index contributed by atoms with van der Waals surface area (Å²) in [4.78, 5) is 12.6. The Morgan fingerprint density at radius 3 is 2.59 bits per heavy atom. The Hall–Kier alpha value is -2.93. The highest BCUT2D eigenvalue weighted by molar-refractivity contribution is 7.92. The molecule has 3 aromatic rings. The number of benzene rings is 2. The van der Waals surface area contributed by atoms with Crippen LogP contribution in [0.25, 0.3) is 11.3 Å². The summed E-state index contributed by atoms with van der Waals surface area (Å²) in [6.45, 7) is 2.44. The first kappa shape index (κ1) is 20.9. The molecule has 0 radical (unpaired) electrons. The highest BCUT2D eigenvalue weighted by Gasteiger charge is 2.31. The van der Waals surface area contributed by atoms with Crippen LogP contribution in [0.4, 0.5) is 5.69 Å². The number of H-pyrrole nitrogens is 1. The molecule has 2 aliphatic rings. The topological polar surface area (TPSA) is 83.1 Å². The van der Waals surface area contributed by atoms with Gasteiger partial charge in [-0.05, 0) is 73.8 Å². The smallest absolute Gasteiger partial charge is 0.267 e. The Bertz CT molecular complexity index is 1340. The summed E-state index contributed by atoms with van der Waals surface area (Å²) in [5.74, 6) is 0. The fourth-order valence-corrected chi connectivity index (χ4v) is 6.86. The molecule has 2 aromatic carbocycles. The number of sulfonamides is 1. The van der Waals surface area contributed by atoms with Gasteiger partial charge in [-0.15, -0.1) is 0 Å². The van der Waals surface area contributed by atoms with Crippen LogP contribution in [0.5, 0.6) is 0 Å². The summed E-state index contributed by atoms with van der Waals surface area (Å²) >= 11 is 0. The zero-order valence-corrected chi connectivity index (χ0v) is 19.0. The average molecular weight is 450 g/mol. The molecule has 0 saturated carbocycles. The molecule has 2 heterocycles. The Kier molecular flexibility index (Phi) is 5.37. The monoisotopic (exact) mass is 449 g/mol. The number of rotatable bonds is 4. The zero-order chi connectivity index (χ0) is 22.3. The first-order chi connectivity index (χ1) is 15.5. The molecular weight excluding hydrogens is 422 g/mol. The Morgan fingerprint density at radius 2 is 1.78 bits per heavy atom. The molecule has 0 bridgehead atoms. The quantitative estimate of drug-likeness (QED) is 0.652. The fraction of sp³-hybridized carbons (Fsp3) is 0.360. The lowest BCUT2D eigenvalue weighted by molar-refractivity contribution is 0.585. The number of nitrogens with zero attached hydrogens (tertiary/aromatic N) is 2. The van der Waals surface area contributed by atoms with E-state index in [9.17, 15) is 13.2 Å². The maximum absolute atomic E-state index is 13.9. The van der Waals surface area contributed by atoms with Gasteiger partial charge in [0.05, 0.1) is 16.3 Å². The maximum Gasteiger partial charge on any atom is 0.267 e. The molecular formula is C25H27N3O3S. The average Bonchev–Trinajstić information content (AvgIpc) is 2.83. The van der Waals surface area contributed by atoms with E-state index in [1.165, 1.54) is 0 Å². The third-order valence-electron chi connectivity index (χ3n) is 6.65. The van der Waals surface area contributed by atoms with Gasteiger partial charge in [0.1, 0.15) is 0 Å². The number of anilines is 1. The van der Waals surface area contributed by atoms with Gasteiger partial charge in [-0.3, -0.25) is 9.10 Å². The lowest BCUT2D eigenvalue weighted by Gasteiger charge is -2.31. The van der Waals surface area contributed by atoms with Crippen molar-refractivity contribution in [3.8, 4) is 11.3 Å². The second-order valence-electron chi connectivity index (χ2n) is 8.55. The van der Waals surface area contributed by atoms with Gasteiger partial charge in [0, 0.05) is 17.7 Å². The Labute approximate surface area is 188 Å². The van der Waals surface area contributed by atoms with Crippen molar-refractivity contribution >= 4 is 15.7 Å². The van der Waals surface area contributed by atoms with E-state index in [1.807, 2.05) is 43.3 Å². The van der Waals surface area contributed by atoms with Crippen molar-refractivity contribution in [1.82, 2.24) is 10.2 Å². The lowest BCUT2D eigenvalue weighted by atomic mass is 9.89. The van der Waals surface area contributed by atoms with Crippen LogP contribution < -0.4 is 9.86 Å². The minimum absolute atomic E-state index is 0.133. The minimum Gasteiger partial charge on any atom is -0.268 e. The van der Waals surface area contributed by atoms with Crippen LogP contribution >= 0.6 is 0 Å². The predicted molar refractivity (Wildman–Crippen MR) is 126 cm³/mol. The van der Waals surface area contributed by atoms with E-state index in [4.69, 9.17) is 0 Å². The van der Waals surface area contributed by atoms with Crippen LogP contribution in [0.15, 0.2) is 52.2 Å². The number of aryl methyl sites for hydroxylation is 2. The number of aromatic amines is 1. The Morgan fingerprint density at radius 1 is 1.00 bits per heavy atom. The van der Waals surface area contributed by atoms with Crippen molar-refractivity contribution in [3.63, 3.8) is 0 Å². The largest absolute Gasteiger partial charge is 0.268 e. The van der Waals surface area contributed by atoms with Crippen LogP contribution in [-0.2, 0) is 35.7 Å². The normalized spacial score (nSPS) is 15.8. The molecule has 32 heavy (non-hydrogen) atoms.